The first-order valence-electron chi connectivity index (χ1n) is 8.02. The number of hydrogen-bond donors (Lipinski definition) is 0. The molecule has 0 amide bonds. The lowest BCUT2D eigenvalue weighted by molar-refractivity contribution is 0.00578. The highest BCUT2D eigenvalue weighted by molar-refractivity contribution is 6.62. The van der Waals surface area contributed by atoms with Gasteiger partial charge in [-0.25, -0.2) is 0 Å². The largest absolute Gasteiger partial charge is 0.494 e. The Labute approximate surface area is 135 Å². The Bertz CT molecular complexity index is 537. The van der Waals surface area contributed by atoms with Crippen molar-refractivity contribution in [1.29, 1.82) is 0 Å². The topological polar surface area (TPSA) is 18.5 Å². The molecule has 0 bridgehead atoms. The van der Waals surface area contributed by atoms with E-state index in [9.17, 15) is 0 Å². The molecule has 1 heterocycles. The van der Waals surface area contributed by atoms with E-state index in [1.54, 1.807) is 0 Å². The van der Waals surface area contributed by atoms with Crippen molar-refractivity contribution in [3.05, 3.63) is 48.1 Å². The molecule has 0 unspecified atom stereocenters. The van der Waals surface area contributed by atoms with Crippen molar-refractivity contribution in [3.8, 4) is 0 Å². The van der Waals surface area contributed by atoms with E-state index in [2.05, 4.69) is 90.1 Å². The minimum absolute atomic E-state index is 0.288. The van der Waals surface area contributed by atoms with Crippen molar-refractivity contribution >= 4 is 18.7 Å². The molecule has 0 N–H and O–H groups in total. The second-order valence-corrected chi connectivity index (χ2v) is 7.24. The van der Waals surface area contributed by atoms with Crippen molar-refractivity contribution in [2.45, 2.75) is 52.7 Å². The van der Waals surface area contributed by atoms with Crippen molar-refractivity contribution in [2.75, 3.05) is 0 Å². The van der Waals surface area contributed by atoms with Crippen LogP contribution in [0.25, 0.3) is 6.08 Å². The fourth-order valence-corrected chi connectivity index (χ4v) is 2.20. The van der Waals surface area contributed by atoms with Gasteiger partial charge in [0, 0.05) is 0 Å². The lowest BCUT2D eigenvalue weighted by Crippen LogP contribution is -2.41. The number of hydrogen-bond acceptors (Lipinski definition) is 2. The third-order valence-corrected chi connectivity index (χ3v) is 4.36. The zero-order valence-electron chi connectivity index (χ0n) is 14.6. The van der Waals surface area contributed by atoms with Gasteiger partial charge >= 0.3 is 7.12 Å². The molecule has 2 rings (SSSR count). The second-order valence-electron chi connectivity index (χ2n) is 7.24. The van der Waals surface area contributed by atoms with E-state index in [1.165, 1.54) is 5.56 Å². The lowest BCUT2D eigenvalue weighted by atomic mass is 9.79. The smallest absolute Gasteiger partial charge is 0.399 e. The first kappa shape index (κ1) is 17.0. The Morgan fingerprint density at radius 1 is 0.909 bits per heavy atom. The highest BCUT2D eigenvalue weighted by atomic mass is 16.7. The predicted octanol–water partition coefficient (Wildman–Crippen LogP) is 4.21. The second kappa shape index (κ2) is 6.43. The maximum Gasteiger partial charge on any atom is 0.494 e. The van der Waals surface area contributed by atoms with Gasteiger partial charge in [-0.15, -0.1) is 0 Å². The molecule has 0 aliphatic carbocycles. The number of benzene rings is 1. The first-order chi connectivity index (χ1) is 10.2. The summed E-state index contributed by atoms with van der Waals surface area (Å²) in [7, 11) is -0.288. The molecule has 1 aromatic rings. The summed E-state index contributed by atoms with van der Waals surface area (Å²) < 4.78 is 12.1. The molecule has 0 saturated carbocycles. The SMILES string of the molecule is CC(C)C=CC=Cc1ccc(B2OC(C)(C)C(C)(C)O2)cc1. The van der Waals surface area contributed by atoms with E-state index in [0.717, 1.165) is 5.46 Å². The highest BCUT2D eigenvalue weighted by Gasteiger charge is 2.51. The minimum Gasteiger partial charge on any atom is -0.399 e. The fraction of sp³-hybridized carbons (Fsp3) is 0.474. The van der Waals surface area contributed by atoms with Crippen LogP contribution >= 0.6 is 0 Å². The van der Waals surface area contributed by atoms with Crippen LogP contribution in [0.15, 0.2) is 42.5 Å². The zero-order chi connectivity index (χ0) is 16.4. The molecule has 118 valence electrons. The minimum atomic E-state index is -0.294. The van der Waals surface area contributed by atoms with Crippen LogP contribution in [0.4, 0.5) is 0 Å². The van der Waals surface area contributed by atoms with Crippen LogP contribution in [0.2, 0.25) is 0 Å². The normalized spacial score (nSPS) is 20.6. The van der Waals surface area contributed by atoms with Crippen molar-refractivity contribution in [1.82, 2.24) is 0 Å². The van der Waals surface area contributed by atoms with Crippen LogP contribution in [0.1, 0.15) is 47.1 Å². The molecule has 22 heavy (non-hydrogen) atoms. The van der Waals surface area contributed by atoms with Crippen LogP contribution in [0, 0.1) is 5.92 Å². The summed E-state index contributed by atoms with van der Waals surface area (Å²) in [6.07, 6.45) is 8.44. The molecule has 1 aliphatic rings. The summed E-state index contributed by atoms with van der Waals surface area (Å²) in [5.41, 5.74) is 1.65. The van der Waals surface area contributed by atoms with Gasteiger partial charge in [-0.3, -0.25) is 0 Å². The van der Waals surface area contributed by atoms with E-state index in [1.807, 2.05) is 0 Å². The molecule has 2 nitrogen and oxygen atoms in total. The summed E-state index contributed by atoms with van der Waals surface area (Å²) in [6.45, 7) is 12.6. The third kappa shape index (κ3) is 3.90. The zero-order valence-corrected chi connectivity index (χ0v) is 14.6. The Morgan fingerprint density at radius 2 is 1.45 bits per heavy atom. The monoisotopic (exact) mass is 298 g/mol. The molecule has 1 saturated heterocycles. The Balaban J connectivity index is 2.04. The van der Waals surface area contributed by atoms with Crippen LogP contribution in [0.3, 0.4) is 0 Å². The van der Waals surface area contributed by atoms with Crippen LogP contribution < -0.4 is 5.46 Å². The Kier molecular flexibility index (Phi) is 4.98. The van der Waals surface area contributed by atoms with Gasteiger partial charge in [0.05, 0.1) is 11.2 Å². The van der Waals surface area contributed by atoms with Crippen molar-refractivity contribution < 1.29 is 9.31 Å². The van der Waals surface area contributed by atoms with Gasteiger partial charge < -0.3 is 9.31 Å². The van der Waals surface area contributed by atoms with Gasteiger partial charge in [-0.05, 0) is 44.6 Å². The van der Waals surface area contributed by atoms with Gasteiger partial charge in [0.2, 0.25) is 0 Å². The summed E-state index contributed by atoms with van der Waals surface area (Å²) in [6, 6.07) is 8.35. The summed E-state index contributed by atoms with van der Waals surface area (Å²) in [4.78, 5) is 0. The van der Waals surface area contributed by atoms with E-state index in [0.29, 0.717) is 5.92 Å². The maximum atomic E-state index is 6.06. The van der Waals surface area contributed by atoms with Gasteiger partial charge in [-0.2, -0.15) is 0 Å². The van der Waals surface area contributed by atoms with Crippen LogP contribution in [-0.4, -0.2) is 18.3 Å². The van der Waals surface area contributed by atoms with Crippen LogP contribution in [-0.2, 0) is 9.31 Å². The molecular formula is C19H27BO2. The van der Waals surface area contributed by atoms with E-state index in [4.69, 9.17) is 9.31 Å². The fourth-order valence-electron chi connectivity index (χ4n) is 2.20. The maximum absolute atomic E-state index is 6.06. The van der Waals surface area contributed by atoms with Gasteiger partial charge in [0.25, 0.3) is 0 Å². The molecule has 0 radical (unpaired) electrons. The van der Waals surface area contributed by atoms with E-state index < -0.39 is 0 Å². The average molecular weight is 298 g/mol. The quantitative estimate of drug-likeness (QED) is 0.612. The molecule has 3 heteroatoms. The van der Waals surface area contributed by atoms with Gasteiger partial charge in [0.1, 0.15) is 0 Å². The van der Waals surface area contributed by atoms with Gasteiger partial charge in [0.15, 0.2) is 0 Å². The van der Waals surface area contributed by atoms with E-state index in [-0.39, 0.29) is 18.3 Å². The van der Waals surface area contributed by atoms with Gasteiger partial charge in [-0.1, -0.05) is 62.4 Å². The molecule has 1 aliphatic heterocycles. The third-order valence-electron chi connectivity index (χ3n) is 4.36. The Hall–Kier alpha value is -1.32. The van der Waals surface area contributed by atoms with E-state index >= 15 is 0 Å². The lowest BCUT2D eigenvalue weighted by Gasteiger charge is -2.32. The number of rotatable bonds is 4. The summed E-state index contributed by atoms with van der Waals surface area (Å²) in [5, 5.41) is 0. The number of allylic oxidation sites excluding steroid dienone is 3. The first-order valence-corrected chi connectivity index (χ1v) is 8.02. The molecule has 1 aromatic carbocycles. The Morgan fingerprint density at radius 3 is 1.95 bits per heavy atom. The molecule has 0 spiro atoms. The molecular weight excluding hydrogens is 271 g/mol. The standard InChI is InChI=1S/C19H27BO2/c1-15(2)9-7-8-10-16-11-13-17(14-12-16)20-21-18(3,4)19(5,6)22-20/h7-15H,1-6H3. The summed E-state index contributed by atoms with van der Waals surface area (Å²) >= 11 is 0. The predicted molar refractivity (Wildman–Crippen MR) is 95.2 cm³/mol. The highest BCUT2D eigenvalue weighted by Crippen LogP contribution is 2.36. The molecule has 0 atom stereocenters. The summed E-state index contributed by atoms with van der Waals surface area (Å²) in [5.74, 6) is 0.579. The average Bonchev–Trinajstić information content (AvgIpc) is 2.64. The van der Waals surface area contributed by atoms with Crippen molar-refractivity contribution in [3.63, 3.8) is 0 Å². The molecule has 0 aromatic heterocycles. The van der Waals surface area contributed by atoms with Crippen LogP contribution in [0.5, 0.6) is 0 Å². The molecule has 1 fully saturated rings. The van der Waals surface area contributed by atoms with Crippen molar-refractivity contribution in [2.24, 2.45) is 5.92 Å².